The van der Waals surface area contributed by atoms with Gasteiger partial charge in [0.15, 0.2) is 0 Å². The van der Waals surface area contributed by atoms with Gasteiger partial charge in [0.1, 0.15) is 13.0 Å². The van der Waals surface area contributed by atoms with Crippen molar-refractivity contribution in [3.8, 4) is 0 Å². The van der Waals surface area contributed by atoms with Crippen molar-refractivity contribution in [1.82, 2.24) is 0 Å². The highest BCUT2D eigenvalue weighted by Gasteiger charge is 2.10. The van der Waals surface area contributed by atoms with Gasteiger partial charge in [-0.15, -0.1) is 0 Å². The molecule has 0 aromatic heterocycles. The predicted molar refractivity (Wildman–Crippen MR) is 47.0 cm³/mol. The Labute approximate surface area is 77.5 Å². The van der Waals surface area contributed by atoms with Crippen molar-refractivity contribution in [1.29, 1.82) is 0 Å². The van der Waals surface area contributed by atoms with E-state index in [1.165, 1.54) is 0 Å². The fraction of sp³-hybridized carbons (Fsp3) is 0.556. The molecule has 0 N–H and O–H groups in total. The molecule has 0 aliphatic carbocycles. The van der Waals surface area contributed by atoms with Gasteiger partial charge in [0.25, 0.3) is 0 Å². The zero-order chi connectivity index (χ0) is 10.3. The summed E-state index contributed by atoms with van der Waals surface area (Å²) in [6, 6.07) is 0. The molecular formula is C9H14O4. The fourth-order valence-corrected chi connectivity index (χ4v) is 0.585. The lowest BCUT2D eigenvalue weighted by molar-refractivity contribution is -0.153. The van der Waals surface area contributed by atoms with Crippen molar-refractivity contribution in [2.75, 3.05) is 13.2 Å². The summed E-state index contributed by atoms with van der Waals surface area (Å²) in [6.45, 7) is 7.38. The van der Waals surface area contributed by atoms with Crippen LogP contribution >= 0.6 is 0 Å². The minimum absolute atomic E-state index is 0.151. The minimum Gasteiger partial charge on any atom is -0.466 e. The molecule has 0 rings (SSSR count). The van der Waals surface area contributed by atoms with E-state index in [4.69, 9.17) is 0 Å². The third-order valence-corrected chi connectivity index (χ3v) is 1.07. The van der Waals surface area contributed by atoms with Crippen LogP contribution in [-0.4, -0.2) is 25.2 Å². The zero-order valence-corrected chi connectivity index (χ0v) is 7.96. The second kappa shape index (κ2) is 6.22. The predicted octanol–water partition coefficient (Wildman–Crippen LogP) is 1.06. The molecule has 0 radical (unpaired) electrons. The maximum atomic E-state index is 10.9. The number of carbonyl (C=O) groups excluding carboxylic acids is 2. The molecule has 74 valence electrons. The van der Waals surface area contributed by atoms with Crippen molar-refractivity contribution >= 4 is 11.9 Å². The van der Waals surface area contributed by atoms with E-state index in [2.05, 4.69) is 16.1 Å². The number of carbonyl (C=O) groups is 2. The van der Waals surface area contributed by atoms with Crippen LogP contribution in [0, 0.1) is 0 Å². The van der Waals surface area contributed by atoms with Crippen LogP contribution in [0.25, 0.3) is 0 Å². The Balaban J connectivity index is 3.62. The first kappa shape index (κ1) is 11.7. The molecule has 0 heterocycles. The fourth-order valence-electron chi connectivity index (χ4n) is 0.585. The Morgan fingerprint density at radius 2 is 1.77 bits per heavy atom. The average molecular weight is 186 g/mol. The summed E-state index contributed by atoms with van der Waals surface area (Å²) < 4.78 is 9.24. The second-order valence-corrected chi connectivity index (χ2v) is 2.60. The highest BCUT2D eigenvalue weighted by Crippen LogP contribution is 1.94. The number of hydrogen-bond donors (Lipinski definition) is 0. The molecule has 0 atom stereocenters. The van der Waals surface area contributed by atoms with E-state index in [9.17, 15) is 9.59 Å². The smallest absolute Gasteiger partial charge is 0.317 e. The van der Waals surface area contributed by atoms with Crippen LogP contribution in [0.2, 0.25) is 0 Å². The van der Waals surface area contributed by atoms with E-state index in [1.807, 2.05) is 0 Å². The highest BCUT2D eigenvalue weighted by molar-refractivity contribution is 5.91. The summed E-state index contributed by atoms with van der Waals surface area (Å²) in [5.41, 5.74) is 0.734. The monoisotopic (exact) mass is 186 g/mol. The Morgan fingerprint density at radius 3 is 2.23 bits per heavy atom. The van der Waals surface area contributed by atoms with Crippen LogP contribution in [0.5, 0.6) is 0 Å². The maximum Gasteiger partial charge on any atom is 0.317 e. The first-order chi connectivity index (χ1) is 6.06. The first-order valence-corrected chi connectivity index (χ1v) is 4.02. The second-order valence-electron chi connectivity index (χ2n) is 2.60. The van der Waals surface area contributed by atoms with Crippen LogP contribution in [0.1, 0.15) is 20.3 Å². The summed E-state index contributed by atoms with van der Waals surface area (Å²) in [5.74, 6) is -1.14. The van der Waals surface area contributed by atoms with Gasteiger partial charge in [-0.3, -0.25) is 9.59 Å². The van der Waals surface area contributed by atoms with Crippen LogP contribution in [0.4, 0.5) is 0 Å². The van der Waals surface area contributed by atoms with E-state index in [1.54, 1.807) is 13.8 Å². The molecule has 0 spiro atoms. The molecule has 0 aromatic carbocycles. The van der Waals surface area contributed by atoms with Crippen molar-refractivity contribution in [3.63, 3.8) is 0 Å². The average Bonchev–Trinajstić information content (AvgIpc) is 2.01. The van der Waals surface area contributed by atoms with Gasteiger partial charge in [0.05, 0.1) is 6.61 Å². The Hall–Kier alpha value is -1.32. The largest absolute Gasteiger partial charge is 0.466 e. The SMILES string of the molecule is C=C(C)COC(=O)CC(=O)OCC. The van der Waals surface area contributed by atoms with Crippen LogP contribution in [0.15, 0.2) is 12.2 Å². The van der Waals surface area contributed by atoms with Crippen molar-refractivity contribution < 1.29 is 19.1 Å². The standard InChI is InChI=1S/C9H14O4/c1-4-12-8(10)5-9(11)13-6-7(2)3/h2,4-6H2,1,3H3. The normalized spacial score (nSPS) is 9.08. The number of esters is 2. The van der Waals surface area contributed by atoms with Gasteiger partial charge >= 0.3 is 11.9 Å². The molecule has 0 bridgehead atoms. The van der Waals surface area contributed by atoms with Gasteiger partial charge in [-0.2, -0.15) is 0 Å². The zero-order valence-electron chi connectivity index (χ0n) is 7.96. The van der Waals surface area contributed by atoms with E-state index < -0.39 is 11.9 Å². The number of hydrogen-bond acceptors (Lipinski definition) is 4. The third kappa shape index (κ3) is 7.05. The molecule has 0 aliphatic heterocycles. The number of ether oxygens (including phenoxy) is 2. The molecule has 0 fully saturated rings. The Bertz CT molecular complexity index is 208. The van der Waals surface area contributed by atoms with Gasteiger partial charge in [0.2, 0.25) is 0 Å². The Morgan fingerprint density at radius 1 is 1.23 bits per heavy atom. The molecule has 0 amide bonds. The highest BCUT2D eigenvalue weighted by atomic mass is 16.6. The lowest BCUT2D eigenvalue weighted by atomic mass is 10.4. The summed E-state index contributed by atoms with van der Waals surface area (Å²) in [6.07, 6.45) is -0.332. The minimum atomic E-state index is -0.582. The quantitative estimate of drug-likeness (QED) is 0.366. The van der Waals surface area contributed by atoms with Crippen LogP contribution in [-0.2, 0) is 19.1 Å². The molecule has 0 aromatic rings. The van der Waals surface area contributed by atoms with E-state index in [0.717, 1.165) is 5.57 Å². The lowest BCUT2D eigenvalue weighted by Crippen LogP contribution is -2.14. The lowest BCUT2D eigenvalue weighted by Gasteiger charge is -2.03. The molecule has 0 saturated carbocycles. The van der Waals surface area contributed by atoms with E-state index >= 15 is 0 Å². The summed E-state index contributed by atoms with van der Waals surface area (Å²) in [5, 5.41) is 0. The van der Waals surface area contributed by atoms with Gasteiger partial charge in [-0.1, -0.05) is 6.58 Å². The number of rotatable bonds is 5. The van der Waals surface area contributed by atoms with Crippen molar-refractivity contribution in [2.45, 2.75) is 20.3 Å². The molecule has 13 heavy (non-hydrogen) atoms. The van der Waals surface area contributed by atoms with Crippen molar-refractivity contribution in [2.24, 2.45) is 0 Å². The molecule has 0 aliphatic rings. The van der Waals surface area contributed by atoms with E-state index in [0.29, 0.717) is 0 Å². The molecule has 0 saturated heterocycles. The topological polar surface area (TPSA) is 52.6 Å². The molecule has 4 heteroatoms. The summed E-state index contributed by atoms with van der Waals surface area (Å²) in [4.78, 5) is 21.6. The Kier molecular flexibility index (Phi) is 5.59. The van der Waals surface area contributed by atoms with Gasteiger partial charge in [-0.05, 0) is 19.4 Å². The molecular weight excluding hydrogens is 172 g/mol. The first-order valence-electron chi connectivity index (χ1n) is 4.02. The van der Waals surface area contributed by atoms with Gasteiger partial charge < -0.3 is 9.47 Å². The van der Waals surface area contributed by atoms with Gasteiger partial charge in [0, 0.05) is 0 Å². The summed E-state index contributed by atoms with van der Waals surface area (Å²) in [7, 11) is 0. The molecule has 0 unspecified atom stereocenters. The maximum absolute atomic E-state index is 10.9. The third-order valence-electron chi connectivity index (χ3n) is 1.07. The van der Waals surface area contributed by atoms with E-state index in [-0.39, 0.29) is 19.6 Å². The summed E-state index contributed by atoms with van der Waals surface area (Å²) >= 11 is 0. The van der Waals surface area contributed by atoms with Crippen LogP contribution in [0.3, 0.4) is 0 Å². The van der Waals surface area contributed by atoms with Gasteiger partial charge in [-0.25, -0.2) is 0 Å². The molecule has 4 nitrogen and oxygen atoms in total. The van der Waals surface area contributed by atoms with Crippen LogP contribution < -0.4 is 0 Å². The van der Waals surface area contributed by atoms with Crippen molar-refractivity contribution in [3.05, 3.63) is 12.2 Å².